The SMILES string of the molecule is Cc1oc2ccccc2c1/C=N\NC(=O)CN1CCCC1. The fourth-order valence-electron chi connectivity index (χ4n) is 2.70. The molecular formula is C16H19N3O2. The highest BCUT2D eigenvalue weighted by molar-refractivity contribution is 5.99. The summed E-state index contributed by atoms with van der Waals surface area (Å²) in [5.74, 6) is 0.729. The van der Waals surface area contributed by atoms with Crippen molar-refractivity contribution in [3.63, 3.8) is 0 Å². The Hall–Kier alpha value is -2.14. The van der Waals surface area contributed by atoms with E-state index in [-0.39, 0.29) is 5.91 Å². The maximum absolute atomic E-state index is 11.8. The van der Waals surface area contributed by atoms with Crippen molar-refractivity contribution in [2.24, 2.45) is 5.10 Å². The lowest BCUT2D eigenvalue weighted by Crippen LogP contribution is -2.33. The Balaban J connectivity index is 1.64. The zero-order valence-electron chi connectivity index (χ0n) is 12.1. The van der Waals surface area contributed by atoms with Gasteiger partial charge < -0.3 is 4.42 Å². The third-order valence-electron chi connectivity index (χ3n) is 3.77. The standard InChI is InChI=1S/C16H19N3O2/c1-12-14(13-6-2-3-7-15(13)21-12)10-17-18-16(20)11-19-8-4-5-9-19/h2-3,6-7,10H,4-5,8-9,11H2,1H3,(H,18,20)/b17-10-. The van der Waals surface area contributed by atoms with Gasteiger partial charge in [-0.3, -0.25) is 9.69 Å². The molecule has 0 spiro atoms. The summed E-state index contributed by atoms with van der Waals surface area (Å²) in [7, 11) is 0. The average Bonchev–Trinajstić information content (AvgIpc) is 3.07. The van der Waals surface area contributed by atoms with Crippen LogP contribution in [0.25, 0.3) is 11.0 Å². The molecule has 0 atom stereocenters. The Morgan fingerprint density at radius 2 is 2.14 bits per heavy atom. The van der Waals surface area contributed by atoms with Gasteiger partial charge in [0.25, 0.3) is 5.91 Å². The molecule has 5 heteroatoms. The molecule has 0 aliphatic carbocycles. The maximum Gasteiger partial charge on any atom is 0.254 e. The highest BCUT2D eigenvalue weighted by Gasteiger charge is 2.14. The van der Waals surface area contributed by atoms with Gasteiger partial charge in [-0.2, -0.15) is 5.10 Å². The number of nitrogens with zero attached hydrogens (tertiary/aromatic N) is 2. The Bertz CT molecular complexity index is 669. The van der Waals surface area contributed by atoms with Crippen LogP contribution in [0.4, 0.5) is 0 Å². The molecule has 1 amide bonds. The second-order valence-corrected chi connectivity index (χ2v) is 5.34. The Morgan fingerprint density at radius 3 is 2.95 bits per heavy atom. The van der Waals surface area contributed by atoms with E-state index in [4.69, 9.17) is 4.42 Å². The first kappa shape index (κ1) is 13.8. The molecule has 2 heterocycles. The summed E-state index contributed by atoms with van der Waals surface area (Å²) in [5, 5.41) is 5.06. The minimum atomic E-state index is -0.0707. The molecule has 0 radical (unpaired) electrons. The predicted molar refractivity (Wildman–Crippen MR) is 82.4 cm³/mol. The summed E-state index contributed by atoms with van der Waals surface area (Å²) in [6.45, 7) is 4.32. The molecular weight excluding hydrogens is 266 g/mol. The van der Waals surface area contributed by atoms with Crippen molar-refractivity contribution in [3.8, 4) is 0 Å². The third-order valence-corrected chi connectivity index (χ3v) is 3.77. The number of carbonyl (C=O) groups is 1. The van der Waals surface area contributed by atoms with Crippen molar-refractivity contribution in [2.75, 3.05) is 19.6 Å². The van der Waals surface area contributed by atoms with Crippen LogP contribution in [0.2, 0.25) is 0 Å². The molecule has 1 aromatic carbocycles. The second kappa shape index (κ2) is 6.10. The Morgan fingerprint density at radius 1 is 1.38 bits per heavy atom. The summed E-state index contributed by atoms with van der Waals surface area (Å²) in [4.78, 5) is 13.9. The van der Waals surface area contributed by atoms with Crippen LogP contribution >= 0.6 is 0 Å². The lowest BCUT2D eigenvalue weighted by molar-refractivity contribution is -0.121. The maximum atomic E-state index is 11.8. The first-order valence-electron chi connectivity index (χ1n) is 7.26. The van der Waals surface area contributed by atoms with Crippen LogP contribution in [0.15, 0.2) is 33.8 Å². The summed E-state index contributed by atoms with van der Waals surface area (Å²) in [6, 6.07) is 7.80. The van der Waals surface area contributed by atoms with Gasteiger partial charge in [0, 0.05) is 10.9 Å². The number of carbonyl (C=O) groups excluding carboxylic acids is 1. The number of likely N-dealkylation sites (tertiary alicyclic amines) is 1. The highest BCUT2D eigenvalue weighted by atomic mass is 16.3. The smallest absolute Gasteiger partial charge is 0.254 e. The highest BCUT2D eigenvalue weighted by Crippen LogP contribution is 2.23. The molecule has 2 aromatic rings. The molecule has 0 saturated carbocycles. The van der Waals surface area contributed by atoms with Crippen LogP contribution in [0.3, 0.4) is 0 Å². The van der Waals surface area contributed by atoms with E-state index in [2.05, 4.69) is 15.4 Å². The van der Waals surface area contributed by atoms with Gasteiger partial charge in [-0.1, -0.05) is 18.2 Å². The molecule has 1 fully saturated rings. The zero-order valence-corrected chi connectivity index (χ0v) is 12.1. The number of para-hydroxylation sites is 1. The monoisotopic (exact) mass is 285 g/mol. The number of fused-ring (bicyclic) bond motifs is 1. The van der Waals surface area contributed by atoms with Crippen molar-refractivity contribution in [2.45, 2.75) is 19.8 Å². The topological polar surface area (TPSA) is 57.8 Å². The number of amides is 1. The van der Waals surface area contributed by atoms with E-state index in [9.17, 15) is 4.79 Å². The number of benzene rings is 1. The van der Waals surface area contributed by atoms with E-state index in [1.807, 2.05) is 31.2 Å². The van der Waals surface area contributed by atoms with Crippen molar-refractivity contribution in [1.29, 1.82) is 0 Å². The van der Waals surface area contributed by atoms with Gasteiger partial charge in [-0.05, 0) is 38.9 Å². The molecule has 110 valence electrons. The van der Waals surface area contributed by atoms with Gasteiger partial charge in [0.2, 0.25) is 0 Å². The minimum Gasteiger partial charge on any atom is -0.461 e. The summed E-state index contributed by atoms with van der Waals surface area (Å²) in [5.41, 5.74) is 4.33. The molecule has 1 aliphatic heterocycles. The predicted octanol–water partition coefficient (Wildman–Crippen LogP) is 2.29. The summed E-state index contributed by atoms with van der Waals surface area (Å²) >= 11 is 0. The number of nitrogens with one attached hydrogen (secondary N) is 1. The number of rotatable bonds is 4. The van der Waals surface area contributed by atoms with Crippen LogP contribution in [-0.4, -0.2) is 36.7 Å². The van der Waals surface area contributed by atoms with Crippen LogP contribution < -0.4 is 5.43 Å². The minimum absolute atomic E-state index is 0.0707. The Labute approximate surface area is 123 Å². The number of hydrazone groups is 1. The van der Waals surface area contributed by atoms with Gasteiger partial charge in [0.15, 0.2) is 0 Å². The van der Waals surface area contributed by atoms with Crippen molar-refractivity contribution in [3.05, 3.63) is 35.6 Å². The fraction of sp³-hybridized carbons (Fsp3) is 0.375. The normalized spacial score (nSPS) is 16.0. The average molecular weight is 285 g/mol. The number of hydrogen-bond donors (Lipinski definition) is 1. The van der Waals surface area contributed by atoms with Crippen LogP contribution in [0.1, 0.15) is 24.2 Å². The zero-order chi connectivity index (χ0) is 14.7. The van der Waals surface area contributed by atoms with Gasteiger partial charge in [-0.25, -0.2) is 5.43 Å². The van der Waals surface area contributed by atoms with Crippen molar-refractivity contribution in [1.82, 2.24) is 10.3 Å². The lowest BCUT2D eigenvalue weighted by atomic mass is 10.1. The van der Waals surface area contributed by atoms with Crippen LogP contribution in [0.5, 0.6) is 0 Å². The van der Waals surface area contributed by atoms with Crippen molar-refractivity contribution >= 4 is 23.1 Å². The van der Waals surface area contributed by atoms with E-state index >= 15 is 0 Å². The quantitative estimate of drug-likeness (QED) is 0.692. The van der Waals surface area contributed by atoms with E-state index in [1.165, 1.54) is 12.8 Å². The van der Waals surface area contributed by atoms with E-state index in [0.29, 0.717) is 6.54 Å². The van der Waals surface area contributed by atoms with Gasteiger partial charge in [0.05, 0.1) is 12.8 Å². The first-order valence-corrected chi connectivity index (χ1v) is 7.26. The van der Waals surface area contributed by atoms with E-state index in [0.717, 1.165) is 35.4 Å². The molecule has 0 bridgehead atoms. The number of furan rings is 1. The van der Waals surface area contributed by atoms with Crippen LogP contribution in [0, 0.1) is 6.92 Å². The lowest BCUT2D eigenvalue weighted by Gasteiger charge is -2.12. The molecule has 3 rings (SSSR count). The van der Waals surface area contributed by atoms with Gasteiger partial charge in [0.1, 0.15) is 11.3 Å². The molecule has 5 nitrogen and oxygen atoms in total. The second-order valence-electron chi connectivity index (χ2n) is 5.34. The molecule has 1 aliphatic rings. The van der Waals surface area contributed by atoms with Gasteiger partial charge >= 0.3 is 0 Å². The molecule has 0 unspecified atom stereocenters. The summed E-state index contributed by atoms with van der Waals surface area (Å²) < 4.78 is 5.65. The largest absolute Gasteiger partial charge is 0.461 e. The van der Waals surface area contributed by atoms with E-state index < -0.39 is 0 Å². The Kier molecular flexibility index (Phi) is 4.01. The van der Waals surface area contributed by atoms with Gasteiger partial charge in [-0.15, -0.1) is 0 Å². The molecule has 1 N–H and O–H groups in total. The first-order chi connectivity index (χ1) is 10.2. The molecule has 1 aromatic heterocycles. The number of hydrogen-bond acceptors (Lipinski definition) is 4. The van der Waals surface area contributed by atoms with Crippen LogP contribution in [-0.2, 0) is 4.79 Å². The van der Waals surface area contributed by atoms with E-state index in [1.54, 1.807) is 6.21 Å². The number of aryl methyl sites for hydroxylation is 1. The fourth-order valence-corrected chi connectivity index (χ4v) is 2.70. The third kappa shape index (κ3) is 3.13. The summed E-state index contributed by atoms with van der Waals surface area (Å²) in [6.07, 6.45) is 4.01. The molecule has 21 heavy (non-hydrogen) atoms. The molecule has 1 saturated heterocycles. The van der Waals surface area contributed by atoms with Crippen molar-refractivity contribution < 1.29 is 9.21 Å².